The fourth-order valence-corrected chi connectivity index (χ4v) is 2.20. The van der Waals surface area contributed by atoms with Gasteiger partial charge in [0.05, 0.1) is 12.8 Å². The summed E-state index contributed by atoms with van der Waals surface area (Å²) >= 11 is 0. The number of nitrogens with zero attached hydrogens (tertiary/aromatic N) is 2. The Morgan fingerprint density at radius 3 is 3.13 bits per heavy atom. The highest BCUT2D eigenvalue weighted by Crippen LogP contribution is 2.27. The summed E-state index contributed by atoms with van der Waals surface area (Å²) in [5.41, 5.74) is 1.33. The van der Waals surface area contributed by atoms with Crippen LogP contribution in [0.1, 0.15) is 18.4 Å². The van der Waals surface area contributed by atoms with Crippen molar-refractivity contribution in [3.05, 3.63) is 18.0 Å². The smallest absolute Gasteiger partial charge is 0.0525 e. The van der Waals surface area contributed by atoms with Crippen LogP contribution in [0, 0.1) is 5.92 Å². The number of nitrogens with one attached hydrogen (secondary N) is 1. The lowest BCUT2D eigenvalue weighted by molar-refractivity contribution is 0.111. The highest BCUT2D eigenvalue weighted by molar-refractivity contribution is 5.15. The molecule has 0 aromatic carbocycles. The molecule has 1 aromatic heterocycles. The molecule has 0 bridgehead atoms. The highest BCUT2D eigenvalue weighted by Gasteiger charge is 2.29. The van der Waals surface area contributed by atoms with Crippen molar-refractivity contribution in [1.82, 2.24) is 15.1 Å². The fourth-order valence-electron chi connectivity index (χ4n) is 2.20. The topological polar surface area (TPSA) is 39.1 Å². The predicted octanol–water partition coefficient (Wildman–Crippen LogP) is 0.760. The first kappa shape index (κ1) is 10.6. The van der Waals surface area contributed by atoms with Crippen molar-refractivity contribution >= 4 is 0 Å². The van der Waals surface area contributed by atoms with Gasteiger partial charge in [-0.2, -0.15) is 5.10 Å². The molecule has 4 nitrogen and oxygen atoms in total. The molecule has 0 unspecified atom stereocenters. The molecular formula is C11H19N3O. The maximum Gasteiger partial charge on any atom is 0.0525 e. The molecule has 0 aliphatic carbocycles. The molecule has 2 atom stereocenters. The van der Waals surface area contributed by atoms with Gasteiger partial charge in [0, 0.05) is 44.8 Å². The van der Waals surface area contributed by atoms with Crippen LogP contribution in [-0.4, -0.2) is 36.1 Å². The number of aryl methyl sites for hydroxylation is 1. The minimum atomic E-state index is 0.560. The molecule has 4 heteroatoms. The van der Waals surface area contributed by atoms with Gasteiger partial charge in [-0.25, -0.2) is 0 Å². The SMILES string of the molecule is CCOC[C@@H]1CNC[C@H]1c1cnn(C)c1. The Labute approximate surface area is 90.6 Å². The fraction of sp³-hybridized carbons (Fsp3) is 0.727. The minimum Gasteiger partial charge on any atom is -0.381 e. The van der Waals surface area contributed by atoms with Crippen LogP contribution in [0.4, 0.5) is 0 Å². The van der Waals surface area contributed by atoms with Crippen LogP contribution >= 0.6 is 0 Å². The summed E-state index contributed by atoms with van der Waals surface area (Å²) in [6, 6.07) is 0. The predicted molar refractivity (Wildman–Crippen MR) is 58.8 cm³/mol. The zero-order chi connectivity index (χ0) is 10.7. The van der Waals surface area contributed by atoms with E-state index in [9.17, 15) is 0 Å². The number of hydrogen-bond donors (Lipinski definition) is 1. The van der Waals surface area contributed by atoms with Crippen LogP contribution in [0.15, 0.2) is 12.4 Å². The second-order valence-electron chi connectivity index (χ2n) is 4.13. The second-order valence-corrected chi connectivity index (χ2v) is 4.13. The molecule has 84 valence electrons. The van der Waals surface area contributed by atoms with Gasteiger partial charge >= 0.3 is 0 Å². The summed E-state index contributed by atoms with van der Waals surface area (Å²) in [6.07, 6.45) is 4.08. The molecular weight excluding hydrogens is 190 g/mol. The van der Waals surface area contributed by atoms with E-state index in [-0.39, 0.29) is 0 Å². The van der Waals surface area contributed by atoms with Gasteiger partial charge in [-0.15, -0.1) is 0 Å². The van der Waals surface area contributed by atoms with Crippen molar-refractivity contribution in [3.8, 4) is 0 Å². The van der Waals surface area contributed by atoms with Gasteiger partial charge < -0.3 is 10.1 Å². The molecule has 0 amide bonds. The molecule has 2 heterocycles. The van der Waals surface area contributed by atoms with E-state index in [1.54, 1.807) is 0 Å². The summed E-state index contributed by atoms with van der Waals surface area (Å²) in [5.74, 6) is 1.15. The molecule has 1 aliphatic rings. The first-order valence-corrected chi connectivity index (χ1v) is 5.58. The molecule has 1 fully saturated rings. The highest BCUT2D eigenvalue weighted by atomic mass is 16.5. The zero-order valence-electron chi connectivity index (χ0n) is 9.44. The minimum absolute atomic E-state index is 0.560. The van der Waals surface area contributed by atoms with Crippen LogP contribution in [0.3, 0.4) is 0 Å². The summed E-state index contributed by atoms with van der Waals surface area (Å²) in [5, 5.41) is 7.65. The molecule has 0 saturated carbocycles. The molecule has 15 heavy (non-hydrogen) atoms. The van der Waals surface area contributed by atoms with E-state index in [0.29, 0.717) is 11.8 Å². The van der Waals surface area contributed by atoms with Crippen LogP contribution in [0.25, 0.3) is 0 Å². The summed E-state index contributed by atoms with van der Waals surface area (Å²) in [4.78, 5) is 0. The Balaban J connectivity index is 2.01. The van der Waals surface area contributed by atoms with Crippen molar-refractivity contribution in [1.29, 1.82) is 0 Å². The lowest BCUT2D eigenvalue weighted by Gasteiger charge is -2.16. The van der Waals surface area contributed by atoms with Gasteiger partial charge in [0.15, 0.2) is 0 Å². The first-order chi connectivity index (χ1) is 7.31. The van der Waals surface area contributed by atoms with E-state index in [1.807, 2.05) is 24.9 Å². The number of ether oxygens (including phenoxy) is 1. The Morgan fingerprint density at radius 1 is 1.60 bits per heavy atom. The maximum absolute atomic E-state index is 5.51. The van der Waals surface area contributed by atoms with Crippen LogP contribution < -0.4 is 5.32 Å². The molecule has 0 radical (unpaired) electrons. The lowest BCUT2D eigenvalue weighted by atomic mass is 9.92. The van der Waals surface area contributed by atoms with Crippen molar-refractivity contribution in [2.45, 2.75) is 12.8 Å². The number of aromatic nitrogens is 2. The van der Waals surface area contributed by atoms with Crippen LogP contribution in [0.2, 0.25) is 0 Å². The monoisotopic (exact) mass is 209 g/mol. The summed E-state index contributed by atoms with van der Waals surface area (Å²) in [6.45, 7) is 5.80. The molecule has 2 rings (SSSR count). The van der Waals surface area contributed by atoms with Gasteiger partial charge in [0.1, 0.15) is 0 Å². The lowest BCUT2D eigenvalue weighted by Crippen LogP contribution is -2.17. The van der Waals surface area contributed by atoms with Crippen molar-refractivity contribution < 1.29 is 4.74 Å². The third kappa shape index (κ3) is 2.38. The average Bonchev–Trinajstić information content (AvgIpc) is 2.82. The number of rotatable bonds is 4. The molecule has 1 N–H and O–H groups in total. The van der Waals surface area contributed by atoms with E-state index in [4.69, 9.17) is 4.74 Å². The molecule has 1 aliphatic heterocycles. The van der Waals surface area contributed by atoms with Gasteiger partial charge in [-0.05, 0) is 12.5 Å². The van der Waals surface area contributed by atoms with Crippen molar-refractivity contribution in [2.24, 2.45) is 13.0 Å². The Kier molecular flexibility index (Phi) is 3.38. The van der Waals surface area contributed by atoms with Crippen LogP contribution in [0.5, 0.6) is 0 Å². The maximum atomic E-state index is 5.51. The first-order valence-electron chi connectivity index (χ1n) is 5.58. The zero-order valence-corrected chi connectivity index (χ0v) is 9.44. The molecule has 0 spiro atoms. The van der Waals surface area contributed by atoms with Crippen LogP contribution in [-0.2, 0) is 11.8 Å². The van der Waals surface area contributed by atoms with Crippen molar-refractivity contribution in [3.63, 3.8) is 0 Å². The molecule has 1 aromatic rings. The Morgan fingerprint density at radius 2 is 2.47 bits per heavy atom. The van der Waals surface area contributed by atoms with Gasteiger partial charge in [-0.3, -0.25) is 4.68 Å². The third-order valence-corrected chi connectivity index (χ3v) is 3.03. The summed E-state index contributed by atoms with van der Waals surface area (Å²) in [7, 11) is 1.96. The third-order valence-electron chi connectivity index (χ3n) is 3.03. The normalized spacial score (nSPS) is 26.0. The molecule has 1 saturated heterocycles. The van der Waals surface area contributed by atoms with Crippen molar-refractivity contribution in [2.75, 3.05) is 26.3 Å². The largest absolute Gasteiger partial charge is 0.381 e. The van der Waals surface area contributed by atoms with Gasteiger partial charge in [0.25, 0.3) is 0 Å². The Bertz CT molecular complexity index is 311. The number of hydrogen-bond acceptors (Lipinski definition) is 3. The standard InChI is InChI=1S/C11H19N3O/c1-3-15-8-10-4-12-6-11(10)9-5-13-14(2)7-9/h5,7,10-12H,3-4,6,8H2,1-2H3/t10-,11-/m0/s1. The average molecular weight is 209 g/mol. The summed E-state index contributed by atoms with van der Waals surface area (Å²) < 4.78 is 7.38. The van der Waals surface area contributed by atoms with E-state index < -0.39 is 0 Å². The van der Waals surface area contributed by atoms with E-state index >= 15 is 0 Å². The quantitative estimate of drug-likeness (QED) is 0.795. The van der Waals surface area contributed by atoms with Gasteiger partial charge in [0.2, 0.25) is 0 Å². The second kappa shape index (κ2) is 4.77. The van der Waals surface area contributed by atoms with Gasteiger partial charge in [-0.1, -0.05) is 0 Å². The van der Waals surface area contributed by atoms with E-state index in [1.165, 1.54) is 5.56 Å². The van der Waals surface area contributed by atoms with E-state index in [0.717, 1.165) is 26.3 Å². The Hall–Kier alpha value is -0.870. The van der Waals surface area contributed by atoms with E-state index in [2.05, 4.69) is 16.6 Å².